The van der Waals surface area contributed by atoms with Crippen LogP contribution in [-0.4, -0.2) is 49.7 Å². The summed E-state index contributed by atoms with van der Waals surface area (Å²) in [6, 6.07) is 19.5. The molecule has 14 heteroatoms. The number of esters is 5. The van der Waals surface area contributed by atoms with Crippen molar-refractivity contribution >= 4 is 53.4 Å². The maximum Gasteiger partial charge on any atom is 0.350 e. The molecule has 3 aromatic rings. The summed E-state index contributed by atoms with van der Waals surface area (Å²) in [5, 5.41) is 10.1. The van der Waals surface area contributed by atoms with Crippen molar-refractivity contribution in [1.82, 2.24) is 0 Å². The van der Waals surface area contributed by atoms with Gasteiger partial charge in [0.05, 0.1) is 50.4 Å². The normalized spacial score (nSPS) is 20.3. The van der Waals surface area contributed by atoms with Crippen LogP contribution in [0.1, 0.15) is 75.8 Å². The van der Waals surface area contributed by atoms with E-state index in [2.05, 4.69) is 0 Å². The number of carbonyl (C=O) groups is 5. The number of carbonyl (C=O) groups excluding carboxylic acids is 5. The minimum Gasteiger partial charge on any atom is -0.461 e. The maximum absolute atomic E-state index is 13.6. The van der Waals surface area contributed by atoms with E-state index in [4.69, 9.17) is 28.4 Å². The van der Waals surface area contributed by atoms with E-state index in [-0.39, 0.29) is 57.8 Å². The minimum absolute atomic E-state index is 0.0398. The Morgan fingerprint density at radius 2 is 1.00 bits per heavy atom. The van der Waals surface area contributed by atoms with Crippen LogP contribution in [0.5, 0.6) is 23.0 Å². The zero-order valence-electron chi connectivity index (χ0n) is 33.5. The highest BCUT2D eigenvalue weighted by Crippen LogP contribution is 2.59. The first-order chi connectivity index (χ1) is 28.4. The second-order valence-corrected chi connectivity index (χ2v) is 17.4. The quantitative estimate of drug-likeness (QED) is 0.0694. The van der Waals surface area contributed by atoms with Crippen LogP contribution in [0.15, 0.2) is 80.3 Å². The second-order valence-electron chi connectivity index (χ2n) is 15.1. The fourth-order valence-electron chi connectivity index (χ4n) is 7.00. The summed E-state index contributed by atoms with van der Waals surface area (Å²) in [5.41, 5.74) is 1.88. The fourth-order valence-corrected chi connectivity index (χ4v) is 9.55. The number of nitriles is 1. The number of hydrogen-bond acceptors (Lipinski definition) is 14. The third-order valence-corrected chi connectivity index (χ3v) is 13.4. The molecule has 0 bridgehead atoms. The highest BCUT2D eigenvalue weighted by molar-refractivity contribution is 8.24. The van der Waals surface area contributed by atoms with Crippen LogP contribution in [0.25, 0.3) is 0 Å². The Bertz CT molecular complexity index is 1990. The van der Waals surface area contributed by atoms with Crippen molar-refractivity contribution in [2.45, 2.75) is 94.5 Å². The Balaban J connectivity index is 1.13. The first-order valence-corrected chi connectivity index (χ1v) is 21.4. The average Bonchev–Trinajstić information content (AvgIpc) is 3.69. The largest absolute Gasteiger partial charge is 0.461 e. The Morgan fingerprint density at radius 3 is 1.36 bits per heavy atom. The molecule has 310 valence electrons. The number of aryl methyl sites for hydroxylation is 2. The van der Waals surface area contributed by atoms with Crippen LogP contribution < -0.4 is 18.9 Å². The first kappa shape index (κ1) is 43.5. The van der Waals surface area contributed by atoms with E-state index in [0.29, 0.717) is 79.1 Å². The number of thioether (sulfide) groups is 2. The SMILES string of the molecule is COC(C)CCOC(=O)C(C#N)=C1Sc2c(OC(=O)C3CCC(C(=O)Oc4ccc(C)cc4)CC3)ccc(OC(=O)C3CCC(C(=O)Oc4ccc(C)cc4)CC3)c2S1. The maximum atomic E-state index is 13.6. The van der Waals surface area contributed by atoms with E-state index in [9.17, 15) is 29.2 Å². The Morgan fingerprint density at radius 1 is 0.627 bits per heavy atom. The highest BCUT2D eigenvalue weighted by Gasteiger charge is 2.37. The molecule has 3 aromatic carbocycles. The van der Waals surface area contributed by atoms with Crippen molar-refractivity contribution in [2.24, 2.45) is 23.7 Å². The van der Waals surface area contributed by atoms with Gasteiger partial charge in [-0.15, -0.1) is 0 Å². The molecule has 0 N–H and O–H groups in total. The summed E-state index contributed by atoms with van der Waals surface area (Å²) >= 11 is 2.12. The summed E-state index contributed by atoms with van der Waals surface area (Å²) in [7, 11) is 1.55. The van der Waals surface area contributed by atoms with Crippen molar-refractivity contribution in [3.63, 3.8) is 0 Å². The molecule has 0 saturated heterocycles. The van der Waals surface area contributed by atoms with Gasteiger partial charge in [-0.2, -0.15) is 5.26 Å². The van der Waals surface area contributed by atoms with Gasteiger partial charge in [0.25, 0.3) is 0 Å². The third-order valence-electron chi connectivity index (χ3n) is 10.8. The van der Waals surface area contributed by atoms with Crippen LogP contribution >= 0.6 is 23.5 Å². The van der Waals surface area contributed by atoms with Gasteiger partial charge in [-0.05, 0) is 109 Å². The number of fused-ring (bicyclic) bond motifs is 1. The number of methoxy groups -OCH3 is 1. The molecule has 2 fully saturated rings. The lowest BCUT2D eigenvalue weighted by Crippen LogP contribution is -2.30. The topological polar surface area (TPSA) is 165 Å². The highest BCUT2D eigenvalue weighted by atomic mass is 32.2. The monoisotopic (exact) mass is 841 g/mol. The zero-order chi connectivity index (χ0) is 42.1. The van der Waals surface area contributed by atoms with Gasteiger partial charge in [-0.3, -0.25) is 19.2 Å². The molecule has 0 aromatic heterocycles. The summed E-state index contributed by atoms with van der Waals surface area (Å²) in [4.78, 5) is 66.8. The van der Waals surface area contributed by atoms with E-state index in [1.54, 1.807) is 31.4 Å². The fraction of sp³-hybridized carbons (Fsp3) is 0.422. The van der Waals surface area contributed by atoms with Crippen LogP contribution in [0.4, 0.5) is 0 Å². The van der Waals surface area contributed by atoms with Crippen molar-refractivity contribution in [2.75, 3.05) is 13.7 Å². The molecule has 1 atom stereocenters. The summed E-state index contributed by atoms with van der Waals surface area (Å²) in [6.45, 7) is 5.78. The van der Waals surface area contributed by atoms with Crippen LogP contribution in [0, 0.1) is 48.9 Å². The third kappa shape index (κ3) is 11.3. The Labute approximate surface area is 352 Å². The number of rotatable bonds is 13. The molecular formula is C45H47NO11S2. The molecule has 0 spiro atoms. The van der Waals surface area contributed by atoms with Gasteiger partial charge in [0.1, 0.15) is 29.1 Å². The lowest BCUT2D eigenvalue weighted by atomic mass is 9.82. The number of ether oxygens (including phenoxy) is 6. The molecule has 59 heavy (non-hydrogen) atoms. The molecule has 6 rings (SSSR count). The molecular weight excluding hydrogens is 795 g/mol. The lowest BCUT2D eigenvalue weighted by molar-refractivity contribution is -0.145. The van der Waals surface area contributed by atoms with Crippen LogP contribution in [0.2, 0.25) is 0 Å². The van der Waals surface area contributed by atoms with Gasteiger partial charge in [-0.1, -0.05) is 58.9 Å². The summed E-state index contributed by atoms with van der Waals surface area (Å²) < 4.78 is 34.0. The van der Waals surface area contributed by atoms with Gasteiger partial charge < -0.3 is 28.4 Å². The van der Waals surface area contributed by atoms with Gasteiger partial charge >= 0.3 is 29.8 Å². The first-order valence-electron chi connectivity index (χ1n) is 19.8. The van der Waals surface area contributed by atoms with E-state index < -0.39 is 29.7 Å². The van der Waals surface area contributed by atoms with Crippen LogP contribution in [-0.2, 0) is 33.4 Å². The minimum atomic E-state index is -0.814. The number of benzene rings is 3. The van der Waals surface area contributed by atoms with Gasteiger partial charge in [0, 0.05) is 13.5 Å². The molecule has 2 aliphatic carbocycles. The summed E-state index contributed by atoms with van der Waals surface area (Å²) in [6.07, 6.45) is 3.82. The Hall–Kier alpha value is -5.10. The Kier molecular flexibility index (Phi) is 14.9. The zero-order valence-corrected chi connectivity index (χ0v) is 35.1. The standard InChI is InChI=1S/C45H47NO11S2/c1-26-5-17-33(18-6-26)54-40(47)29-9-13-31(14-10-29)42(49)56-36-21-22-37(39-38(36)58-45(59-39)35(25-46)44(51)53-24-23-28(3)52-4)57-43(50)32-15-11-30(12-16-32)41(48)55-34-19-7-27(2)8-20-34/h5-8,17-22,28-32H,9-16,23-24H2,1-4H3. The summed E-state index contributed by atoms with van der Waals surface area (Å²) in [5.74, 6) is -2.72. The molecule has 1 unspecified atom stereocenters. The average molecular weight is 842 g/mol. The van der Waals surface area contributed by atoms with E-state index in [0.717, 1.165) is 34.7 Å². The second kappa shape index (κ2) is 20.2. The number of nitrogens with zero attached hydrogens (tertiary/aromatic N) is 1. The van der Waals surface area contributed by atoms with Crippen molar-refractivity contribution in [3.05, 3.63) is 81.6 Å². The molecule has 2 saturated carbocycles. The predicted molar refractivity (Wildman–Crippen MR) is 219 cm³/mol. The van der Waals surface area contributed by atoms with E-state index in [1.165, 1.54) is 12.1 Å². The van der Waals surface area contributed by atoms with Gasteiger partial charge in [0.2, 0.25) is 0 Å². The number of hydrogen-bond donors (Lipinski definition) is 0. The molecule has 0 amide bonds. The molecule has 1 aliphatic heterocycles. The van der Waals surface area contributed by atoms with Crippen molar-refractivity contribution in [3.8, 4) is 29.1 Å². The predicted octanol–water partition coefficient (Wildman–Crippen LogP) is 8.84. The smallest absolute Gasteiger partial charge is 0.350 e. The molecule has 3 aliphatic rings. The van der Waals surface area contributed by atoms with Gasteiger partial charge in [0.15, 0.2) is 5.57 Å². The van der Waals surface area contributed by atoms with E-state index in [1.807, 2.05) is 51.1 Å². The molecule has 12 nitrogen and oxygen atoms in total. The van der Waals surface area contributed by atoms with Crippen molar-refractivity contribution in [1.29, 1.82) is 5.26 Å². The van der Waals surface area contributed by atoms with Gasteiger partial charge in [-0.25, -0.2) is 4.79 Å². The van der Waals surface area contributed by atoms with Crippen molar-refractivity contribution < 1.29 is 52.4 Å². The lowest BCUT2D eigenvalue weighted by Gasteiger charge is -2.26. The van der Waals surface area contributed by atoms with Crippen LogP contribution in [0.3, 0.4) is 0 Å². The molecule has 0 radical (unpaired) electrons. The van der Waals surface area contributed by atoms with E-state index >= 15 is 0 Å². The molecule has 1 heterocycles.